The number of hydrogen-bond acceptors (Lipinski definition) is 4. The van der Waals surface area contributed by atoms with E-state index in [2.05, 4.69) is 5.32 Å². The molecule has 2 rings (SSSR count). The zero-order chi connectivity index (χ0) is 14.8. The third kappa shape index (κ3) is 3.19. The highest BCUT2D eigenvalue weighted by atomic mass is 32.2. The second kappa shape index (κ2) is 5.93. The van der Waals surface area contributed by atoms with E-state index >= 15 is 0 Å². The Morgan fingerprint density at radius 2 is 2.05 bits per heavy atom. The lowest BCUT2D eigenvalue weighted by Crippen LogP contribution is -2.40. The summed E-state index contributed by atoms with van der Waals surface area (Å²) in [6.07, 6.45) is 4.06. The highest BCUT2D eigenvalue weighted by molar-refractivity contribution is 7.90. The van der Waals surface area contributed by atoms with Crippen molar-refractivity contribution in [2.45, 2.75) is 30.2 Å². The van der Waals surface area contributed by atoms with Crippen molar-refractivity contribution in [3.05, 3.63) is 29.8 Å². The lowest BCUT2D eigenvalue weighted by atomic mass is 10.0. The summed E-state index contributed by atoms with van der Waals surface area (Å²) in [5, 5.41) is 2.93. The maximum absolute atomic E-state index is 12.3. The van der Waals surface area contributed by atoms with Crippen molar-refractivity contribution in [2.24, 2.45) is 11.7 Å². The van der Waals surface area contributed by atoms with Gasteiger partial charge in [-0.15, -0.1) is 0 Å². The normalized spacial score (nSPS) is 22.7. The van der Waals surface area contributed by atoms with Crippen LogP contribution in [0, 0.1) is 5.92 Å². The second-order valence-electron chi connectivity index (χ2n) is 5.27. The predicted molar refractivity (Wildman–Crippen MR) is 77.2 cm³/mol. The van der Waals surface area contributed by atoms with Crippen LogP contribution in [-0.2, 0) is 9.84 Å². The zero-order valence-corrected chi connectivity index (χ0v) is 12.3. The number of carbonyl (C=O) groups is 1. The summed E-state index contributed by atoms with van der Waals surface area (Å²) in [7, 11) is -3.42. The third-order valence-electron chi connectivity index (χ3n) is 3.81. The van der Waals surface area contributed by atoms with E-state index in [0.717, 1.165) is 25.5 Å². The van der Waals surface area contributed by atoms with Gasteiger partial charge in [-0.05, 0) is 37.4 Å². The minimum Gasteiger partial charge on any atom is -0.349 e. The van der Waals surface area contributed by atoms with Crippen LogP contribution in [0.15, 0.2) is 29.2 Å². The Labute approximate surface area is 119 Å². The van der Waals surface area contributed by atoms with Gasteiger partial charge in [0.2, 0.25) is 0 Å². The van der Waals surface area contributed by atoms with Crippen LogP contribution in [0.4, 0.5) is 0 Å². The van der Waals surface area contributed by atoms with Crippen molar-refractivity contribution in [1.29, 1.82) is 0 Å². The molecule has 1 fully saturated rings. The molecule has 1 aromatic carbocycles. The number of nitrogens with two attached hydrogens (primary N) is 1. The van der Waals surface area contributed by atoms with Crippen LogP contribution in [0.2, 0.25) is 0 Å². The standard InChI is InChI=1S/C14H20N2O3S/c1-20(18,19)13-8-3-2-6-11(13)14(17)16-12-7-4-5-10(12)9-15/h2-3,6,8,10,12H,4-5,7,9,15H2,1H3,(H,16,17). The Hall–Kier alpha value is -1.40. The Bertz CT molecular complexity index is 598. The van der Waals surface area contributed by atoms with Gasteiger partial charge in [-0.1, -0.05) is 18.6 Å². The lowest BCUT2D eigenvalue weighted by molar-refractivity contribution is 0.0925. The summed E-state index contributed by atoms with van der Waals surface area (Å²) in [5.41, 5.74) is 5.90. The molecule has 1 aromatic rings. The first-order valence-corrected chi connectivity index (χ1v) is 8.62. The first kappa shape index (κ1) is 15.0. The molecule has 110 valence electrons. The molecule has 0 aromatic heterocycles. The van der Waals surface area contributed by atoms with E-state index in [9.17, 15) is 13.2 Å². The molecule has 1 amide bonds. The summed E-state index contributed by atoms with van der Waals surface area (Å²) in [4.78, 5) is 12.4. The van der Waals surface area contributed by atoms with E-state index in [1.54, 1.807) is 12.1 Å². The van der Waals surface area contributed by atoms with Crippen LogP contribution in [-0.4, -0.2) is 33.2 Å². The molecular weight excluding hydrogens is 276 g/mol. The maximum Gasteiger partial charge on any atom is 0.252 e. The average molecular weight is 296 g/mol. The van der Waals surface area contributed by atoms with Crippen LogP contribution in [0.5, 0.6) is 0 Å². The van der Waals surface area contributed by atoms with Gasteiger partial charge >= 0.3 is 0 Å². The monoisotopic (exact) mass is 296 g/mol. The average Bonchev–Trinajstić information content (AvgIpc) is 2.85. The van der Waals surface area contributed by atoms with Crippen molar-refractivity contribution in [3.8, 4) is 0 Å². The SMILES string of the molecule is CS(=O)(=O)c1ccccc1C(=O)NC1CCCC1CN. The fourth-order valence-electron chi connectivity index (χ4n) is 2.73. The van der Waals surface area contributed by atoms with E-state index in [1.165, 1.54) is 12.1 Å². The van der Waals surface area contributed by atoms with E-state index in [1.807, 2.05) is 0 Å². The van der Waals surface area contributed by atoms with Crippen molar-refractivity contribution in [1.82, 2.24) is 5.32 Å². The van der Waals surface area contributed by atoms with Gasteiger partial charge in [0.1, 0.15) is 0 Å². The number of amides is 1. The van der Waals surface area contributed by atoms with Gasteiger partial charge in [-0.25, -0.2) is 8.42 Å². The van der Waals surface area contributed by atoms with Gasteiger partial charge in [0.25, 0.3) is 5.91 Å². The Balaban J connectivity index is 2.22. The molecule has 6 heteroatoms. The Kier molecular flexibility index (Phi) is 4.45. The fraction of sp³-hybridized carbons (Fsp3) is 0.500. The number of sulfone groups is 1. The molecule has 0 spiro atoms. The summed E-state index contributed by atoms with van der Waals surface area (Å²) >= 11 is 0. The van der Waals surface area contributed by atoms with Crippen LogP contribution < -0.4 is 11.1 Å². The fourth-order valence-corrected chi connectivity index (χ4v) is 3.62. The molecular formula is C14H20N2O3S. The van der Waals surface area contributed by atoms with Crippen molar-refractivity contribution < 1.29 is 13.2 Å². The summed E-state index contributed by atoms with van der Waals surface area (Å²) < 4.78 is 23.4. The molecule has 1 aliphatic carbocycles. The van der Waals surface area contributed by atoms with Gasteiger partial charge in [0, 0.05) is 12.3 Å². The molecule has 5 nitrogen and oxygen atoms in total. The molecule has 0 heterocycles. The molecule has 3 N–H and O–H groups in total. The largest absolute Gasteiger partial charge is 0.349 e. The topological polar surface area (TPSA) is 89.3 Å². The minimum atomic E-state index is -3.42. The predicted octanol–water partition coefficient (Wildman–Crippen LogP) is 0.947. The second-order valence-corrected chi connectivity index (χ2v) is 7.26. The van der Waals surface area contributed by atoms with Gasteiger partial charge in [-0.3, -0.25) is 4.79 Å². The van der Waals surface area contributed by atoms with Gasteiger partial charge in [-0.2, -0.15) is 0 Å². The Morgan fingerprint density at radius 1 is 1.35 bits per heavy atom. The quantitative estimate of drug-likeness (QED) is 0.865. The number of carbonyl (C=O) groups excluding carboxylic acids is 1. The summed E-state index contributed by atoms with van der Waals surface area (Å²) in [6, 6.07) is 6.32. The van der Waals surface area contributed by atoms with Crippen molar-refractivity contribution in [2.75, 3.05) is 12.8 Å². The van der Waals surface area contributed by atoms with Crippen LogP contribution in [0.1, 0.15) is 29.6 Å². The molecule has 20 heavy (non-hydrogen) atoms. The molecule has 0 bridgehead atoms. The third-order valence-corrected chi connectivity index (χ3v) is 4.96. The molecule has 0 saturated heterocycles. The molecule has 2 unspecified atom stereocenters. The van der Waals surface area contributed by atoms with Gasteiger partial charge < -0.3 is 11.1 Å². The van der Waals surface area contributed by atoms with Crippen LogP contribution >= 0.6 is 0 Å². The minimum absolute atomic E-state index is 0.0418. The summed E-state index contributed by atoms with van der Waals surface area (Å²) in [6.45, 7) is 0.540. The first-order chi connectivity index (χ1) is 9.43. The van der Waals surface area contributed by atoms with Crippen molar-refractivity contribution in [3.63, 3.8) is 0 Å². The van der Waals surface area contributed by atoms with E-state index in [4.69, 9.17) is 5.73 Å². The highest BCUT2D eigenvalue weighted by Crippen LogP contribution is 2.25. The van der Waals surface area contributed by atoms with E-state index in [0.29, 0.717) is 6.54 Å². The van der Waals surface area contributed by atoms with Crippen molar-refractivity contribution >= 4 is 15.7 Å². The highest BCUT2D eigenvalue weighted by Gasteiger charge is 2.28. The zero-order valence-electron chi connectivity index (χ0n) is 11.5. The number of benzene rings is 1. The number of rotatable bonds is 4. The molecule has 1 saturated carbocycles. The van der Waals surface area contributed by atoms with Gasteiger partial charge in [0.05, 0.1) is 10.5 Å². The molecule has 0 aliphatic heterocycles. The molecule has 0 radical (unpaired) electrons. The van der Waals surface area contributed by atoms with Crippen LogP contribution in [0.3, 0.4) is 0 Å². The number of hydrogen-bond donors (Lipinski definition) is 2. The smallest absolute Gasteiger partial charge is 0.252 e. The van der Waals surface area contributed by atoms with E-state index < -0.39 is 9.84 Å². The molecule has 1 aliphatic rings. The Morgan fingerprint density at radius 3 is 2.70 bits per heavy atom. The molecule has 2 atom stereocenters. The van der Waals surface area contributed by atoms with Gasteiger partial charge in [0.15, 0.2) is 9.84 Å². The summed E-state index contributed by atoms with van der Waals surface area (Å²) in [5.74, 6) is -0.0549. The van der Waals surface area contributed by atoms with Crippen LogP contribution in [0.25, 0.3) is 0 Å². The van der Waals surface area contributed by atoms with E-state index in [-0.39, 0.29) is 28.3 Å². The first-order valence-electron chi connectivity index (χ1n) is 6.73. The lowest BCUT2D eigenvalue weighted by Gasteiger charge is -2.20. The number of nitrogens with one attached hydrogen (secondary N) is 1. The maximum atomic E-state index is 12.3.